The lowest BCUT2D eigenvalue weighted by atomic mass is 10.3. The molecule has 0 bridgehead atoms. The minimum atomic E-state index is -4.82. The Balaban J connectivity index is 5.09. The van der Waals surface area contributed by atoms with E-state index in [1.165, 1.54) is 0 Å². The van der Waals surface area contributed by atoms with E-state index in [-0.39, 0.29) is 24.2 Å². The standard InChI is InChI=1S/C14H32F4N2Si2/c1-11(2)19(12(3)4)21(15,16)9-10-22(17,18)20(13(5)6)14(7)8/h11-14H,9-10H2,1-8H3. The minimum absolute atomic E-state index is 0.330. The van der Waals surface area contributed by atoms with Crippen LogP contribution in [0, 0.1) is 0 Å². The summed E-state index contributed by atoms with van der Waals surface area (Å²) in [6, 6.07) is -2.63. The first kappa shape index (κ1) is 22.1. The molecular formula is C14H32F4N2Si2. The van der Waals surface area contributed by atoms with Gasteiger partial charge in [-0.25, -0.2) is 0 Å². The molecule has 0 atom stereocenters. The Bertz CT molecular complexity index is 289. The highest BCUT2D eigenvalue weighted by Crippen LogP contribution is 2.33. The van der Waals surface area contributed by atoms with Gasteiger partial charge in [0.25, 0.3) is 0 Å². The normalized spacial score (nSPS) is 14.5. The van der Waals surface area contributed by atoms with Gasteiger partial charge in [-0.05, 0) is 0 Å². The second-order valence-corrected chi connectivity index (χ2v) is 11.7. The van der Waals surface area contributed by atoms with Crippen molar-refractivity contribution in [3.8, 4) is 0 Å². The lowest BCUT2D eigenvalue weighted by Gasteiger charge is -2.38. The van der Waals surface area contributed by atoms with Gasteiger partial charge in [0.2, 0.25) is 0 Å². The van der Waals surface area contributed by atoms with Crippen molar-refractivity contribution in [2.75, 3.05) is 0 Å². The van der Waals surface area contributed by atoms with E-state index in [9.17, 15) is 16.4 Å². The minimum Gasteiger partial charge on any atom is -0.269 e. The molecule has 0 aromatic carbocycles. The molecule has 0 aromatic heterocycles. The van der Waals surface area contributed by atoms with Gasteiger partial charge >= 0.3 is 17.8 Å². The van der Waals surface area contributed by atoms with E-state index in [0.717, 1.165) is 9.13 Å². The van der Waals surface area contributed by atoms with Crippen LogP contribution in [-0.4, -0.2) is 51.1 Å². The van der Waals surface area contributed by atoms with Gasteiger partial charge in [-0.3, -0.25) is 25.6 Å². The number of nitrogens with zero attached hydrogens (tertiary/aromatic N) is 2. The zero-order chi connectivity index (χ0) is 17.9. The Morgan fingerprint density at radius 1 is 0.545 bits per heavy atom. The highest BCUT2D eigenvalue weighted by atomic mass is 28.4. The van der Waals surface area contributed by atoms with Crippen molar-refractivity contribution in [2.45, 2.75) is 91.6 Å². The van der Waals surface area contributed by atoms with E-state index in [1.807, 2.05) is 0 Å². The number of halogens is 4. The zero-order valence-electron chi connectivity index (χ0n) is 15.1. The van der Waals surface area contributed by atoms with Gasteiger partial charge in [0.05, 0.1) is 0 Å². The number of rotatable bonds is 9. The van der Waals surface area contributed by atoms with Crippen molar-refractivity contribution in [3.63, 3.8) is 0 Å². The van der Waals surface area contributed by atoms with E-state index >= 15 is 0 Å². The van der Waals surface area contributed by atoms with Crippen LogP contribution < -0.4 is 0 Å². The first-order valence-electron chi connectivity index (χ1n) is 8.06. The Kier molecular flexibility index (Phi) is 8.28. The number of hydrogen-bond acceptors (Lipinski definition) is 2. The quantitative estimate of drug-likeness (QED) is 0.325. The van der Waals surface area contributed by atoms with Crippen molar-refractivity contribution >= 4 is 17.8 Å². The van der Waals surface area contributed by atoms with E-state index in [2.05, 4.69) is 0 Å². The SMILES string of the molecule is CC(C)N(C(C)C)[Si](F)(F)CC[Si](F)(F)N(C(C)C)C(C)C. The van der Waals surface area contributed by atoms with E-state index < -0.39 is 29.9 Å². The van der Waals surface area contributed by atoms with Crippen molar-refractivity contribution in [2.24, 2.45) is 0 Å². The Morgan fingerprint density at radius 3 is 0.864 bits per heavy atom. The molecule has 0 saturated heterocycles. The van der Waals surface area contributed by atoms with Crippen LogP contribution in [0.3, 0.4) is 0 Å². The van der Waals surface area contributed by atoms with Gasteiger partial charge in [-0.15, -0.1) is 0 Å². The van der Waals surface area contributed by atoms with Crippen LogP contribution in [0.4, 0.5) is 16.4 Å². The maximum Gasteiger partial charge on any atom is 0.507 e. The summed E-state index contributed by atoms with van der Waals surface area (Å²) >= 11 is 0. The van der Waals surface area contributed by atoms with Gasteiger partial charge < -0.3 is 0 Å². The Labute approximate surface area is 135 Å². The van der Waals surface area contributed by atoms with Crippen LogP contribution in [0.25, 0.3) is 0 Å². The smallest absolute Gasteiger partial charge is 0.269 e. The van der Waals surface area contributed by atoms with Crippen LogP contribution in [0.5, 0.6) is 0 Å². The van der Waals surface area contributed by atoms with Crippen molar-refractivity contribution in [3.05, 3.63) is 0 Å². The summed E-state index contributed by atoms with van der Waals surface area (Å²) in [5, 5.41) is 0. The summed E-state index contributed by atoms with van der Waals surface area (Å²) in [7, 11) is -9.65. The summed E-state index contributed by atoms with van der Waals surface area (Å²) in [6.45, 7) is 13.6. The van der Waals surface area contributed by atoms with E-state index in [0.29, 0.717) is 0 Å². The van der Waals surface area contributed by atoms with Gasteiger partial charge in [0.15, 0.2) is 0 Å². The first-order chi connectivity index (χ1) is 9.74. The molecule has 2 nitrogen and oxygen atoms in total. The molecule has 0 rings (SSSR count). The molecule has 0 fully saturated rings. The third-order valence-electron chi connectivity index (χ3n) is 3.71. The molecule has 0 aliphatic rings. The molecule has 0 unspecified atom stereocenters. The molecular weight excluding hydrogens is 328 g/mol. The molecule has 0 saturated carbocycles. The highest BCUT2D eigenvalue weighted by Gasteiger charge is 2.53. The first-order valence-corrected chi connectivity index (χ1v) is 11.9. The molecule has 0 radical (unpaired) electrons. The van der Waals surface area contributed by atoms with Crippen molar-refractivity contribution in [1.82, 2.24) is 9.13 Å². The summed E-state index contributed by atoms with van der Waals surface area (Å²) in [6.07, 6.45) is 0. The van der Waals surface area contributed by atoms with Crippen LogP contribution in [0.2, 0.25) is 12.1 Å². The molecule has 0 amide bonds. The average Bonchev–Trinajstić information content (AvgIpc) is 2.23. The molecule has 22 heavy (non-hydrogen) atoms. The molecule has 8 heteroatoms. The van der Waals surface area contributed by atoms with E-state index in [4.69, 9.17) is 0 Å². The molecule has 0 N–H and O–H groups in total. The fourth-order valence-corrected chi connectivity index (χ4v) is 9.21. The molecule has 0 aromatic rings. The average molecular weight is 361 g/mol. The van der Waals surface area contributed by atoms with E-state index in [1.54, 1.807) is 55.4 Å². The van der Waals surface area contributed by atoms with Gasteiger partial charge in [0.1, 0.15) is 0 Å². The molecule has 0 heterocycles. The van der Waals surface area contributed by atoms with Crippen LogP contribution in [0.1, 0.15) is 55.4 Å². The second kappa shape index (κ2) is 8.25. The summed E-state index contributed by atoms with van der Waals surface area (Å²) < 4.78 is 60.4. The van der Waals surface area contributed by atoms with Crippen molar-refractivity contribution in [1.29, 1.82) is 0 Å². The summed E-state index contributed by atoms with van der Waals surface area (Å²) in [4.78, 5) is 0. The van der Waals surface area contributed by atoms with Gasteiger partial charge in [0, 0.05) is 36.3 Å². The number of hydrogen-bond donors (Lipinski definition) is 0. The third-order valence-corrected chi connectivity index (χ3v) is 9.49. The van der Waals surface area contributed by atoms with Crippen LogP contribution >= 0.6 is 0 Å². The molecule has 134 valence electrons. The molecule has 0 aliphatic carbocycles. The van der Waals surface area contributed by atoms with Crippen LogP contribution in [0.15, 0.2) is 0 Å². The van der Waals surface area contributed by atoms with Crippen molar-refractivity contribution < 1.29 is 16.4 Å². The molecule has 0 aliphatic heterocycles. The Hall–Kier alpha value is 0.0738. The molecule has 0 spiro atoms. The largest absolute Gasteiger partial charge is 0.507 e. The lowest BCUT2D eigenvalue weighted by Crippen LogP contribution is -2.57. The van der Waals surface area contributed by atoms with Gasteiger partial charge in [-0.1, -0.05) is 55.4 Å². The lowest BCUT2D eigenvalue weighted by molar-refractivity contribution is 0.225. The Morgan fingerprint density at radius 2 is 0.727 bits per heavy atom. The second-order valence-electron chi connectivity index (χ2n) is 7.02. The predicted molar refractivity (Wildman–Crippen MR) is 89.8 cm³/mol. The topological polar surface area (TPSA) is 6.48 Å². The zero-order valence-corrected chi connectivity index (χ0v) is 17.1. The fourth-order valence-electron chi connectivity index (χ4n) is 3.26. The third kappa shape index (κ3) is 5.94. The van der Waals surface area contributed by atoms with Gasteiger partial charge in [-0.2, -0.15) is 0 Å². The summed E-state index contributed by atoms with van der Waals surface area (Å²) in [5.41, 5.74) is 0. The fraction of sp³-hybridized carbons (Fsp3) is 1.00. The maximum atomic E-state index is 14.5. The highest BCUT2D eigenvalue weighted by molar-refractivity contribution is 6.69. The maximum absolute atomic E-state index is 14.5. The van der Waals surface area contributed by atoms with Crippen LogP contribution in [-0.2, 0) is 0 Å². The predicted octanol–water partition coefficient (Wildman–Crippen LogP) is 4.98. The monoisotopic (exact) mass is 360 g/mol. The summed E-state index contributed by atoms with van der Waals surface area (Å²) in [5.74, 6) is 0.